The van der Waals surface area contributed by atoms with Crippen LogP contribution < -0.4 is 16.0 Å². The molecular formula is C48H63N7O6. The third-order valence-electron chi connectivity index (χ3n) is 12.0. The summed E-state index contributed by atoms with van der Waals surface area (Å²) >= 11 is 0. The first-order valence-corrected chi connectivity index (χ1v) is 21.4. The lowest BCUT2D eigenvalue weighted by Gasteiger charge is -2.36. The fourth-order valence-electron chi connectivity index (χ4n) is 7.80. The minimum atomic E-state index is -1.13. The molecule has 4 aromatic rings. The van der Waals surface area contributed by atoms with Crippen LogP contribution in [-0.4, -0.2) is 99.3 Å². The van der Waals surface area contributed by atoms with Gasteiger partial charge in [0.25, 0.3) is 0 Å². The normalized spacial score (nSPS) is 15.9. The summed E-state index contributed by atoms with van der Waals surface area (Å²) in [5.74, 6) is -0.952. The molecule has 13 heteroatoms. The number of hydrogen-bond donors (Lipinski definition) is 4. The molecule has 326 valence electrons. The van der Waals surface area contributed by atoms with Gasteiger partial charge in [-0.05, 0) is 79.3 Å². The molecule has 6 unspecified atom stereocenters. The minimum Gasteiger partial charge on any atom is -0.453 e. The molecule has 61 heavy (non-hydrogen) atoms. The van der Waals surface area contributed by atoms with E-state index in [0.717, 1.165) is 33.8 Å². The van der Waals surface area contributed by atoms with Crippen molar-refractivity contribution in [3.8, 4) is 11.3 Å². The van der Waals surface area contributed by atoms with Crippen LogP contribution in [-0.2, 0) is 33.7 Å². The summed E-state index contributed by atoms with van der Waals surface area (Å²) in [6.07, 6.45) is 1.82. The number of alkyl carbamates (subject to hydrolysis) is 1. The molecule has 3 heterocycles. The van der Waals surface area contributed by atoms with E-state index in [0.29, 0.717) is 45.3 Å². The maximum atomic E-state index is 14.6. The van der Waals surface area contributed by atoms with E-state index in [4.69, 9.17) is 4.74 Å². The van der Waals surface area contributed by atoms with E-state index in [1.165, 1.54) is 7.11 Å². The van der Waals surface area contributed by atoms with Gasteiger partial charge in [-0.3, -0.25) is 19.6 Å². The monoisotopic (exact) mass is 833 g/mol. The van der Waals surface area contributed by atoms with Gasteiger partial charge in [0.05, 0.1) is 37.2 Å². The molecule has 5 rings (SSSR count). The molecule has 13 nitrogen and oxygen atoms in total. The van der Waals surface area contributed by atoms with E-state index in [2.05, 4.69) is 25.9 Å². The number of carbonyl (C=O) groups excluding carboxylic acids is 4. The SMILES string of the molecule is CCC(C)C(C(=O)NC(Cc1ccccc1)C(O)CC(Cc1ccc(-c2ccccn2)cc1)NC(=O)C(NC(=O)OC)C(C)(C)CC)N1CCN(Cc2cccc(C)n2)C1=O. The quantitative estimate of drug-likeness (QED) is 0.0787. The number of methoxy groups -OCH3 is 1. The minimum absolute atomic E-state index is 0.0664. The second kappa shape index (κ2) is 21.6. The van der Waals surface area contributed by atoms with Crippen LogP contribution in [0, 0.1) is 18.3 Å². The van der Waals surface area contributed by atoms with Crippen molar-refractivity contribution in [1.29, 1.82) is 0 Å². The van der Waals surface area contributed by atoms with Crippen LogP contribution in [0.3, 0.4) is 0 Å². The van der Waals surface area contributed by atoms with E-state index in [1.807, 2.05) is 133 Å². The van der Waals surface area contributed by atoms with Crippen molar-refractivity contribution in [2.45, 2.75) is 110 Å². The third-order valence-corrected chi connectivity index (χ3v) is 12.0. The van der Waals surface area contributed by atoms with Crippen LogP contribution in [0.4, 0.5) is 9.59 Å². The number of nitrogens with one attached hydrogen (secondary N) is 3. The predicted molar refractivity (Wildman–Crippen MR) is 236 cm³/mol. The van der Waals surface area contributed by atoms with Crippen molar-refractivity contribution in [3.05, 3.63) is 120 Å². The van der Waals surface area contributed by atoms with Gasteiger partial charge in [-0.25, -0.2) is 9.59 Å². The summed E-state index contributed by atoms with van der Waals surface area (Å²) in [5.41, 5.74) is 4.58. The average Bonchev–Trinajstić information content (AvgIpc) is 3.60. The van der Waals surface area contributed by atoms with Gasteiger partial charge < -0.3 is 35.6 Å². The Morgan fingerprint density at radius 1 is 0.852 bits per heavy atom. The number of ether oxygens (including phenoxy) is 1. The number of hydrogen-bond acceptors (Lipinski definition) is 8. The second-order valence-corrected chi connectivity index (χ2v) is 16.8. The van der Waals surface area contributed by atoms with Gasteiger partial charge in [-0.1, -0.05) is 108 Å². The Bertz CT molecular complexity index is 2050. The Hall–Kier alpha value is -5.82. The lowest BCUT2D eigenvalue weighted by molar-refractivity contribution is -0.129. The van der Waals surface area contributed by atoms with E-state index in [-0.39, 0.29) is 24.3 Å². The molecule has 1 aliphatic rings. The Kier molecular flexibility index (Phi) is 16.4. The molecule has 5 amide bonds. The maximum Gasteiger partial charge on any atom is 0.407 e. The topological polar surface area (TPSA) is 166 Å². The van der Waals surface area contributed by atoms with Gasteiger partial charge in [0, 0.05) is 36.6 Å². The highest BCUT2D eigenvalue weighted by Gasteiger charge is 2.41. The molecule has 2 aromatic heterocycles. The number of aliphatic hydroxyl groups excluding tert-OH is 1. The summed E-state index contributed by atoms with van der Waals surface area (Å²) < 4.78 is 4.89. The molecule has 1 saturated heterocycles. The average molecular weight is 834 g/mol. The van der Waals surface area contributed by atoms with E-state index < -0.39 is 47.7 Å². The van der Waals surface area contributed by atoms with Crippen LogP contribution in [0.5, 0.6) is 0 Å². The van der Waals surface area contributed by atoms with Crippen molar-refractivity contribution in [2.24, 2.45) is 11.3 Å². The molecule has 6 atom stereocenters. The number of rotatable bonds is 20. The molecule has 0 bridgehead atoms. The van der Waals surface area contributed by atoms with E-state index >= 15 is 0 Å². The number of amides is 5. The molecule has 0 saturated carbocycles. The zero-order valence-electron chi connectivity index (χ0n) is 36.6. The Labute approximate surface area is 360 Å². The Morgan fingerprint density at radius 3 is 2.20 bits per heavy atom. The van der Waals surface area contributed by atoms with Crippen molar-refractivity contribution in [1.82, 2.24) is 35.7 Å². The van der Waals surface area contributed by atoms with Crippen LogP contribution in [0.1, 0.15) is 76.4 Å². The van der Waals surface area contributed by atoms with Crippen LogP contribution in [0.25, 0.3) is 11.3 Å². The van der Waals surface area contributed by atoms with Gasteiger partial charge >= 0.3 is 12.1 Å². The maximum absolute atomic E-state index is 14.6. The number of nitrogens with zero attached hydrogens (tertiary/aromatic N) is 4. The summed E-state index contributed by atoms with van der Waals surface area (Å²) in [6, 6.07) is 25.6. The highest BCUT2D eigenvalue weighted by molar-refractivity contribution is 5.89. The van der Waals surface area contributed by atoms with Crippen LogP contribution >= 0.6 is 0 Å². The standard InChI is InChI=1S/C48H63N7O6/c1-8-32(3)42(55-27-26-54(47(55)60)31-37-19-15-16-33(4)50-37)44(57)52-40(29-34-17-11-10-12-18-34)41(56)30-38(51-45(58)43(48(5,6)9-2)53-46(59)61-7)28-35-21-23-36(24-22-35)39-20-13-14-25-49-39/h10-25,32,38,40-43,56H,8-9,26-31H2,1-7H3,(H,51,58)(H,52,57)(H,53,59). The molecule has 1 aliphatic heterocycles. The fraction of sp³-hybridized carbons (Fsp3) is 0.458. The van der Waals surface area contributed by atoms with E-state index in [1.54, 1.807) is 16.0 Å². The number of urea groups is 1. The van der Waals surface area contributed by atoms with Crippen molar-refractivity contribution in [2.75, 3.05) is 20.2 Å². The Balaban J connectivity index is 1.42. The van der Waals surface area contributed by atoms with Crippen molar-refractivity contribution < 1.29 is 29.0 Å². The van der Waals surface area contributed by atoms with Crippen LogP contribution in [0.15, 0.2) is 97.2 Å². The van der Waals surface area contributed by atoms with Crippen LogP contribution in [0.2, 0.25) is 0 Å². The molecule has 0 radical (unpaired) electrons. The number of aliphatic hydroxyl groups is 1. The van der Waals surface area contributed by atoms with Crippen molar-refractivity contribution in [3.63, 3.8) is 0 Å². The Morgan fingerprint density at radius 2 is 1.56 bits per heavy atom. The number of carbonyl (C=O) groups is 4. The highest BCUT2D eigenvalue weighted by atomic mass is 16.5. The third kappa shape index (κ3) is 12.6. The number of aryl methyl sites for hydroxylation is 1. The number of aromatic nitrogens is 2. The molecule has 0 spiro atoms. The number of pyridine rings is 2. The number of benzene rings is 2. The van der Waals surface area contributed by atoms with Gasteiger partial charge in [-0.2, -0.15) is 0 Å². The highest BCUT2D eigenvalue weighted by Crippen LogP contribution is 2.27. The second-order valence-electron chi connectivity index (χ2n) is 16.8. The van der Waals surface area contributed by atoms with Gasteiger partial charge in [-0.15, -0.1) is 0 Å². The molecule has 4 N–H and O–H groups in total. The van der Waals surface area contributed by atoms with Crippen molar-refractivity contribution >= 4 is 23.9 Å². The fourth-order valence-corrected chi connectivity index (χ4v) is 7.80. The lowest BCUT2D eigenvalue weighted by Crippen LogP contribution is -2.58. The first-order valence-electron chi connectivity index (χ1n) is 21.4. The summed E-state index contributed by atoms with van der Waals surface area (Å²) in [6.45, 7) is 12.8. The van der Waals surface area contributed by atoms with E-state index in [9.17, 15) is 24.3 Å². The summed E-state index contributed by atoms with van der Waals surface area (Å²) in [5, 5.41) is 21.3. The zero-order chi connectivity index (χ0) is 44.1. The smallest absolute Gasteiger partial charge is 0.407 e. The molecule has 0 aliphatic carbocycles. The molecule has 2 aromatic carbocycles. The summed E-state index contributed by atoms with van der Waals surface area (Å²) in [4.78, 5) is 67.6. The first-order chi connectivity index (χ1) is 29.2. The molecule has 1 fully saturated rings. The first kappa shape index (κ1) is 46.2. The van der Waals surface area contributed by atoms with Gasteiger partial charge in [0.1, 0.15) is 12.1 Å². The zero-order valence-corrected chi connectivity index (χ0v) is 36.6. The largest absolute Gasteiger partial charge is 0.453 e. The molecular weight excluding hydrogens is 771 g/mol. The van der Waals surface area contributed by atoms with Gasteiger partial charge in [0.2, 0.25) is 11.8 Å². The summed E-state index contributed by atoms with van der Waals surface area (Å²) in [7, 11) is 1.25. The predicted octanol–water partition coefficient (Wildman–Crippen LogP) is 6.47. The lowest BCUT2D eigenvalue weighted by atomic mass is 9.81. The van der Waals surface area contributed by atoms with Gasteiger partial charge in [0.15, 0.2) is 0 Å².